The van der Waals surface area contributed by atoms with Crippen molar-refractivity contribution in [3.63, 3.8) is 0 Å². The van der Waals surface area contributed by atoms with Gasteiger partial charge in [0.25, 0.3) is 5.69 Å². The molecule has 0 fully saturated rings. The van der Waals surface area contributed by atoms with Crippen LogP contribution in [0.3, 0.4) is 0 Å². The molecule has 6 nitrogen and oxygen atoms in total. The van der Waals surface area contributed by atoms with Gasteiger partial charge in [-0.2, -0.15) is 0 Å². The molecule has 1 aromatic carbocycles. The molecule has 0 aliphatic carbocycles. The number of ether oxygens (including phenoxy) is 3. The number of benzene rings is 1. The van der Waals surface area contributed by atoms with E-state index in [2.05, 4.69) is 0 Å². The Bertz CT molecular complexity index is 429. The van der Waals surface area contributed by atoms with Crippen LogP contribution < -0.4 is 4.74 Å². The molecule has 0 saturated heterocycles. The van der Waals surface area contributed by atoms with Crippen LogP contribution in [-0.2, 0) is 9.47 Å². The van der Waals surface area contributed by atoms with E-state index in [0.717, 1.165) is 5.56 Å². The quantitative estimate of drug-likeness (QED) is 0.442. The summed E-state index contributed by atoms with van der Waals surface area (Å²) >= 11 is 0. The predicted octanol–water partition coefficient (Wildman–Crippen LogP) is 2.21. The lowest BCUT2D eigenvalue weighted by Gasteiger charge is -2.15. The van der Waals surface area contributed by atoms with Gasteiger partial charge in [-0.05, 0) is 25.5 Å². The summed E-state index contributed by atoms with van der Waals surface area (Å²) in [6.07, 6.45) is -0.496. The number of hydrogen-bond donors (Lipinski definition) is 0. The van der Waals surface area contributed by atoms with Crippen LogP contribution in [0.15, 0.2) is 12.1 Å². The summed E-state index contributed by atoms with van der Waals surface area (Å²) in [6, 6.07) is 3.15. The van der Waals surface area contributed by atoms with E-state index >= 15 is 0 Å². The van der Waals surface area contributed by atoms with Gasteiger partial charge in [0.15, 0.2) is 6.29 Å². The Morgan fingerprint density at radius 1 is 1.22 bits per heavy atom. The molecule has 0 bridgehead atoms. The summed E-state index contributed by atoms with van der Waals surface area (Å²) < 4.78 is 15.4. The van der Waals surface area contributed by atoms with Crippen LogP contribution in [0.5, 0.6) is 5.75 Å². The lowest BCUT2D eigenvalue weighted by molar-refractivity contribution is -0.385. The molecule has 0 radical (unpaired) electrons. The summed E-state index contributed by atoms with van der Waals surface area (Å²) in [5.41, 5.74) is 1.49. The van der Waals surface area contributed by atoms with E-state index in [1.54, 1.807) is 13.0 Å². The molecule has 0 heterocycles. The first-order valence-corrected chi connectivity index (χ1v) is 5.43. The first-order valence-electron chi connectivity index (χ1n) is 5.43. The van der Waals surface area contributed by atoms with Crippen molar-refractivity contribution in [3.05, 3.63) is 33.4 Å². The lowest BCUT2D eigenvalue weighted by Crippen LogP contribution is -2.22. The fourth-order valence-electron chi connectivity index (χ4n) is 1.56. The third kappa shape index (κ3) is 3.41. The van der Waals surface area contributed by atoms with Gasteiger partial charge < -0.3 is 14.2 Å². The molecule has 0 N–H and O–H groups in total. The Labute approximate surface area is 106 Å². The predicted molar refractivity (Wildman–Crippen MR) is 65.9 cm³/mol. The number of nitro benzene ring substituents is 1. The highest BCUT2D eigenvalue weighted by Gasteiger charge is 2.15. The van der Waals surface area contributed by atoms with Crippen LogP contribution in [0, 0.1) is 24.0 Å². The SMILES string of the molecule is COC(COc1cc([N+](=O)[O-])c(C)cc1C)OC. The molecule has 0 unspecified atom stereocenters. The van der Waals surface area contributed by atoms with Crippen molar-refractivity contribution in [2.75, 3.05) is 20.8 Å². The maximum atomic E-state index is 10.8. The van der Waals surface area contributed by atoms with Crippen molar-refractivity contribution >= 4 is 5.69 Å². The Kier molecular flexibility index (Phi) is 5.06. The number of rotatable bonds is 6. The standard InChI is InChI=1S/C12H17NO5/c1-8-5-9(2)11(6-10(8)13(14)15)18-7-12(16-3)17-4/h5-6,12H,7H2,1-4H3. The molecule has 0 saturated carbocycles. The molecule has 0 atom stereocenters. The molecule has 0 aliphatic rings. The summed E-state index contributed by atoms with van der Waals surface area (Å²) in [6.45, 7) is 3.71. The van der Waals surface area contributed by atoms with E-state index in [-0.39, 0.29) is 12.3 Å². The number of aryl methyl sites for hydroxylation is 2. The minimum absolute atomic E-state index is 0.0435. The maximum Gasteiger partial charge on any atom is 0.276 e. The lowest BCUT2D eigenvalue weighted by atomic mass is 10.1. The summed E-state index contributed by atoms with van der Waals surface area (Å²) in [4.78, 5) is 10.4. The van der Waals surface area contributed by atoms with E-state index < -0.39 is 11.2 Å². The van der Waals surface area contributed by atoms with Crippen LogP contribution in [0.1, 0.15) is 11.1 Å². The van der Waals surface area contributed by atoms with Gasteiger partial charge >= 0.3 is 0 Å². The Morgan fingerprint density at radius 2 is 1.83 bits per heavy atom. The molecule has 18 heavy (non-hydrogen) atoms. The second-order valence-corrected chi connectivity index (χ2v) is 3.87. The van der Waals surface area contributed by atoms with Gasteiger partial charge in [0.2, 0.25) is 0 Å². The van der Waals surface area contributed by atoms with Gasteiger partial charge in [-0.3, -0.25) is 10.1 Å². The van der Waals surface area contributed by atoms with Crippen molar-refractivity contribution in [3.8, 4) is 5.75 Å². The number of nitro groups is 1. The molecule has 0 aromatic heterocycles. The van der Waals surface area contributed by atoms with E-state index in [4.69, 9.17) is 14.2 Å². The highest BCUT2D eigenvalue weighted by Crippen LogP contribution is 2.28. The monoisotopic (exact) mass is 255 g/mol. The van der Waals surface area contributed by atoms with Gasteiger partial charge in [0.1, 0.15) is 12.4 Å². The average Bonchev–Trinajstić information content (AvgIpc) is 2.32. The molecular weight excluding hydrogens is 238 g/mol. The summed E-state index contributed by atoms with van der Waals surface area (Å²) in [5.74, 6) is 0.464. The average molecular weight is 255 g/mol. The van der Waals surface area contributed by atoms with Crippen LogP contribution in [-0.4, -0.2) is 32.0 Å². The topological polar surface area (TPSA) is 70.8 Å². The first-order chi connectivity index (χ1) is 8.49. The van der Waals surface area contributed by atoms with Gasteiger partial charge in [-0.1, -0.05) is 0 Å². The first kappa shape index (κ1) is 14.4. The Balaban J connectivity index is 2.88. The Hall–Kier alpha value is -1.66. The molecule has 0 aliphatic heterocycles. The van der Waals surface area contributed by atoms with Crippen LogP contribution >= 0.6 is 0 Å². The van der Waals surface area contributed by atoms with E-state index in [0.29, 0.717) is 11.3 Å². The minimum Gasteiger partial charge on any atom is -0.488 e. The van der Waals surface area contributed by atoms with Crippen molar-refractivity contribution in [1.29, 1.82) is 0 Å². The van der Waals surface area contributed by atoms with Crippen LogP contribution in [0.2, 0.25) is 0 Å². The molecule has 0 amide bonds. The van der Waals surface area contributed by atoms with Gasteiger partial charge in [-0.25, -0.2) is 0 Å². The van der Waals surface area contributed by atoms with E-state index in [9.17, 15) is 10.1 Å². The maximum absolute atomic E-state index is 10.8. The van der Waals surface area contributed by atoms with Gasteiger partial charge in [0, 0.05) is 19.8 Å². The fraction of sp³-hybridized carbons (Fsp3) is 0.500. The zero-order chi connectivity index (χ0) is 13.7. The van der Waals surface area contributed by atoms with E-state index in [1.165, 1.54) is 20.3 Å². The number of nitrogens with zero attached hydrogens (tertiary/aromatic N) is 1. The normalized spacial score (nSPS) is 10.7. The second kappa shape index (κ2) is 6.32. The number of hydrogen-bond acceptors (Lipinski definition) is 5. The zero-order valence-electron chi connectivity index (χ0n) is 10.9. The largest absolute Gasteiger partial charge is 0.488 e. The summed E-state index contributed by atoms with van der Waals surface area (Å²) in [5, 5.41) is 10.8. The fourth-order valence-corrected chi connectivity index (χ4v) is 1.56. The summed E-state index contributed by atoms with van der Waals surface area (Å²) in [7, 11) is 3.00. The molecule has 1 rings (SSSR count). The minimum atomic E-state index is -0.496. The highest BCUT2D eigenvalue weighted by atomic mass is 16.7. The van der Waals surface area contributed by atoms with Crippen LogP contribution in [0.25, 0.3) is 0 Å². The van der Waals surface area contributed by atoms with E-state index in [1.807, 2.05) is 6.92 Å². The second-order valence-electron chi connectivity index (χ2n) is 3.87. The third-order valence-electron chi connectivity index (χ3n) is 2.59. The zero-order valence-corrected chi connectivity index (χ0v) is 10.9. The van der Waals surface area contributed by atoms with Crippen molar-refractivity contribution in [1.82, 2.24) is 0 Å². The van der Waals surface area contributed by atoms with Crippen molar-refractivity contribution in [2.24, 2.45) is 0 Å². The third-order valence-corrected chi connectivity index (χ3v) is 2.59. The molecule has 100 valence electrons. The highest BCUT2D eigenvalue weighted by molar-refractivity contribution is 5.49. The van der Waals surface area contributed by atoms with Crippen LogP contribution in [0.4, 0.5) is 5.69 Å². The molecule has 0 spiro atoms. The molecular formula is C12H17NO5. The smallest absolute Gasteiger partial charge is 0.276 e. The molecule has 6 heteroatoms. The van der Waals surface area contributed by atoms with Gasteiger partial charge in [-0.15, -0.1) is 0 Å². The van der Waals surface area contributed by atoms with Crippen molar-refractivity contribution < 1.29 is 19.1 Å². The van der Waals surface area contributed by atoms with Crippen molar-refractivity contribution in [2.45, 2.75) is 20.1 Å². The number of methoxy groups -OCH3 is 2. The molecule has 1 aromatic rings. The van der Waals surface area contributed by atoms with Gasteiger partial charge in [0.05, 0.1) is 11.0 Å². The Morgan fingerprint density at radius 3 is 2.33 bits per heavy atom.